The van der Waals surface area contributed by atoms with Crippen molar-refractivity contribution in [3.8, 4) is 5.75 Å². The summed E-state index contributed by atoms with van der Waals surface area (Å²) in [5, 5.41) is 1.80. The van der Waals surface area contributed by atoms with Crippen molar-refractivity contribution in [1.29, 1.82) is 0 Å². The molecule has 0 radical (unpaired) electrons. The van der Waals surface area contributed by atoms with Gasteiger partial charge in [-0.05, 0) is 74.3 Å². The van der Waals surface area contributed by atoms with E-state index >= 15 is 0 Å². The molecule has 2 aromatic carbocycles. The van der Waals surface area contributed by atoms with Crippen molar-refractivity contribution in [1.82, 2.24) is 14.8 Å². The van der Waals surface area contributed by atoms with Crippen LogP contribution in [-0.4, -0.2) is 54.2 Å². The van der Waals surface area contributed by atoms with Gasteiger partial charge in [0.05, 0.1) is 12.9 Å². The Balaban J connectivity index is 1.43. The third kappa shape index (κ3) is 4.52. The first-order valence-electron chi connectivity index (χ1n) is 11.8. The van der Waals surface area contributed by atoms with E-state index in [0.29, 0.717) is 17.5 Å². The zero-order valence-corrected chi connectivity index (χ0v) is 20.2. The first-order valence-corrected chi connectivity index (χ1v) is 12.2. The fourth-order valence-electron chi connectivity index (χ4n) is 5.31. The molecule has 0 aliphatic carbocycles. The van der Waals surface area contributed by atoms with Crippen molar-refractivity contribution >= 4 is 28.6 Å². The van der Waals surface area contributed by atoms with Crippen molar-refractivity contribution < 1.29 is 14.3 Å². The summed E-state index contributed by atoms with van der Waals surface area (Å²) in [6.07, 6.45) is 3.91. The number of benzene rings is 2. The van der Waals surface area contributed by atoms with Gasteiger partial charge in [0, 0.05) is 40.6 Å². The van der Waals surface area contributed by atoms with Gasteiger partial charge in [-0.15, -0.1) is 0 Å². The number of H-pyrrole nitrogens is 1. The summed E-state index contributed by atoms with van der Waals surface area (Å²) in [4.78, 5) is 20.4. The predicted octanol–water partition coefficient (Wildman–Crippen LogP) is 5.77. The van der Waals surface area contributed by atoms with Gasteiger partial charge >= 0.3 is 6.09 Å². The van der Waals surface area contributed by atoms with Crippen LogP contribution in [0.25, 0.3) is 10.9 Å². The van der Waals surface area contributed by atoms with Gasteiger partial charge < -0.3 is 19.4 Å². The van der Waals surface area contributed by atoms with Crippen LogP contribution in [0.1, 0.15) is 35.7 Å². The van der Waals surface area contributed by atoms with Crippen LogP contribution in [0.5, 0.6) is 5.75 Å². The van der Waals surface area contributed by atoms with Gasteiger partial charge in [-0.1, -0.05) is 30.3 Å². The number of hydrogen-bond donors (Lipinski definition) is 1. The molecule has 0 bridgehead atoms. The van der Waals surface area contributed by atoms with E-state index in [2.05, 4.69) is 23.5 Å². The maximum Gasteiger partial charge on any atom is 0.415 e. The molecule has 3 aromatic rings. The maximum atomic E-state index is 12.8. The zero-order valence-electron chi connectivity index (χ0n) is 19.4. The molecule has 1 saturated heterocycles. The Kier molecular flexibility index (Phi) is 6.53. The monoisotopic (exact) mass is 479 g/mol. The topological polar surface area (TPSA) is 57.8 Å². The first kappa shape index (κ1) is 22.8. The van der Waals surface area contributed by atoms with Crippen molar-refractivity contribution in [3.05, 3.63) is 77.1 Å². The molecule has 0 spiro atoms. The number of halogens is 1. The number of ether oxygens (including phenoxy) is 2. The molecule has 6 nitrogen and oxygen atoms in total. The van der Waals surface area contributed by atoms with Crippen molar-refractivity contribution in [2.45, 2.75) is 25.3 Å². The summed E-state index contributed by atoms with van der Waals surface area (Å²) in [6.45, 7) is 7.05. The molecule has 2 aliphatic rings. The summed E-state index contributed by atoms with van der Waals surface area (Å²) in [5.74, 6) is 1.40. The molecule has 1 amide bonds. The number of nitrogens with one attached hydrogen (secondary N) is 1. The second kappa shape index (κ2) is 9.72. The number of rotatable bonds is 5. The minimum atomic E-state index is -0.413. The number of aromatic amines is 1. The molecule has 1 fully saturated rings. The lowest BCUT2D eigenvalue weighted by molar-refractivity contribution is 0.121. The quantitative estimate of drug-likeness (QED) is 0.472. The Hall–Kier alpha value is -2.96. The Morgan fingerprint density at radius 1 is 1.24 bits per heavy atom. The number of likely N-dealkylation sites (tertiary alicyclic amines) is 1. The molecule has 1 N–H and O–H groups in total. The van der Waals surface area contributed by atoms with Gasteiger partial charge in [0.15, 0.2) is 0 Å². The number of aromatic nitrogens is 1. The molecule has 34 heavy (non-hydrogen) atoms. The van der Waals surface area contributed by atoms with Gasteiger partial charge in [-0.25, -0.2) is 4.79 Å². The number of fused-ring (bicyclic) bond motifs is 3. The number of piperidine rings is 1. The second-order valence-electron chi connectivity index (χ2n) is 9.25. The standard InChI is InChI=1S/C27H30ClN3O3/c1-3-33-27(32)31-14-12-22-23-15-20(28)8-11-24(23)29-25(22)26(31)19-6-9-21(10-7-19)34-17-18-5-4-13-30(2)16-18/h3,6-11,15,18,26,29H,1,4-5,12-14,16-17H2,2H3. The lowest BCUT2D eigenvalue weighted by atomic mass is 9.92. The number of amides is 1. The molecule has 2 aliphatic heterocycles. The van der Waals surface area contributed by atoms with E-state index in [9.17, 15) is 4.79 Å². The predicted molar refractivity (Wildman–Crippen MR) is 134 cm³/mol. The SMILES string of the molecule is C=COC(=O)N1CCc2c([nH]c3ccc(Cl)cc23)C1c1ccc(OCC2CCCN(C)C2)cc1. The second-order valence-corrected chi connectivity index (χ2v) is 9.69. The molecule has 3 heterocycles. The lowest BCUT2D eigenvalue weighted by Crippen LogP contribution is -2.40. The molecule has 5 rings (SSSR count). The van der Waals surface area contributed by atoms with E-state index in [4.69, 9.17) is 21.1 Å². The third-order valence-corrected chi connectivity index (χ3v) is 7.15. The fraction of sp³-hybridized carbons (Fsp3) is 0.370. The largest absolute Gasteiger partial charge is 0.493 e. The smallest absolute Gasteiger partial charge is 0.415 e. The minimum absolute atomic E-state index is 0.302. The Morgan fingerprint density at radius 2 is 2.06 bits per heavy atom. The number of carbonyl (C=O) groups is 1. The normalized spacial score (nSPS) is 20.7. The Morgan fingerprint density at radius 3 is 2.82 bits per heavy atom. The van der Waals surface area contributed by atoms with Crippen LogP contribution in [0.3, 0.4) is 0 Å². The highest BCUT2D eigenvalue weighted by molar-refractivity contribution is 6.31. The molecular formula is C27H30ClN3O3. The Labute approximate surface area is 205 Å². The number of carbonyl (C=O) groups excluding carboxylic acids is 1. The maximum absolute atomic E-state index is 12.8. The molecule has 1 aromatic heterocycles. The minimum Gasteiger partial charge on any atom is -0.493 e. The molecular weight excluding hydrogens is 450 g/mol. The lowest BCUT2D eigenvalue weighted by Gasteiger charge is -2.35. The Bertz CT molecular complexity index is 1190. The molecule has 2 unspecified atom stereocenters. The van der Waals surface area contributed by atoms with Crippen molar-refractivity contribution in [3.63, 3.8) is 0 Å². The summed E-state index contributed by atoms with van der Waals surface area (Å²) < 4.78 is 11.3. The van der Waals surface area contributed by atoms with Crippen LogP contribution < -0.4 is 4.74 Å². The van der Waals surface area contributed by atoms with Gasteiger partial charge in [0.1, 0.15) is 11.8 Å². The molecule has 7 heteroatoms. The van der Waals surface area contributed by atoms with Crippen LogP contribution >= 0.6 is 11.6 Å². The van der Waals surface area contributed by atoms with E-state index < -0.39 is 6.09 Å². The molecule has 0 saturated carbocycles. The average Bonchev–Trinajstić information content (AvgIpc) is 3.20. The fourth-order valence-corrected chi connectivity index (χ4v) is 5.48. The van der Waals surface area contributed by atoms with Crippen molar-refractivity contribution in [2.75, 3.05) is 33.3 Å². The van der Waals surface area contributed by atoms with E-state index in [1.807, 2.05) is 42.5 Å². The van der Waals surface area contributed by atoms with E-state index in [0.717, 1.165) is 47.5 Å². The van der Waals surface area contributed by atoms with Crippen molar-refractivity contribution in [2.24, 2.45) is 5.92 Å². The van der Waals surface area contributed by atoms with Gasteiger partial charge in [0.25, 0.3) is 0 Å². The number of hydrogen-bond acceptors (Lipinski definition) is 4. The van der Waals surface area contributed by atoms with E-state index in [-0.39, 0.29) is 6.04 Å². The molecule has 2 atom stereocenters. The summed E-state index contributed by atoms with van der Waals surface area (Å²) in [5.41, 5.74) is 4.18. The van der Waals surface area contributed by atoms with Crippen LogP contribution in [0.2, 0.25) is 5.02 Å². The van der Waals surface area contributed by atoms with Gasteiger partial charge in [0.2, 0.25) is 0 Å². The highest BCUT2D eigenvalue weighted by atomic mass is 35.5. The number of nitrogens with zero attached hydrogens (tertiary/aromatic N) is 2. The van der Waals surface area contributed by atoms with Crippen LogP contribution in [0.4, 0.5) is 4.79 Å². The first-order chi connectivity index (χ1) is 16.5. The summed E-state index contributed by atoms with van der Waals surface area (Å²) >= 11 is 6.28. The summed E-state index contributed by atoms with van der Waals surface area (Å²) in [7, 11) is 2.17. The van der Waals surface area contributed by atoms with Crippen LogP contribution in [0, 0.1) is 5.92 Å². The highest BCUT2D eigenvalue weighted by Gasteiger charge is 2.35. The van der Waals surface area contributed by atoms with E-state index in [1.54, 1.807) is 4.90 Å². The van der Waals surface area contributed by atoms with Gasteiger partial charge in [-0.2, -0.15) is 0 Å². The van der Waals surface area contributed by atoms with Crippen LogP contribution in [0.15, 0.2) is 55.3 Å². The zero-order chi connectivity index (χ0) is 23.7. The van der Waals surface area contributed by atoms with Crippen LogP contribution in [-0.2, 0) is 11.2 Å². The summed E-state index contributed by atoms with van der Waals surface area (Å²) in [6, 6.07) is 13.6. The third-order valence-electron chi connectivity index (χ3n) is 6.91. The highest BCUT2D eigenvalue weighted by Crippen LogP contribution is 2.39. The van der Waals surface area contributed by atoms with Gasteiger partial charge in [-0.3, -0.25) is 4.90 Å². The average molecular weight is 480 g/mol. The molecule has 178 valence electrons. The van der Waals surface area contributed by atoms with E-state index in [1.165, 1.54) is 31.2 Å².